The van der Waals surface area contributed by atoms with Crippen molar-refractivity contribution in [2.45, 2.75) is 6.61 Å². The second-order valence-electron chi connectivity index (χ2n) is 6.76. The first kappa shape index (κ1) is 22.3. The van der Waals surface area contributed by atoms with Crippen molar-refractivity contribution in [1.82, 2.24) is 5.43 Å². The lowest BCUT2D eigenvalue weighted by Gasteiger charge is -2.09. The van der Waals surface area contributed by atoms with Gasteiger partial charge < -0.3 is 9.47 Å². The lowest BCUT2D eigenvalue weighted by molar-refractivity contribution is 0.0959. The molecule has 0 bridgehead atoms. The highest BCUT2D eigenvalue weighted by Crippen LogP contribution is 2.37. The summed E-state index contributed by atoms with van der Waals surface area (Å²) in [6.07, 6.45) is 1.55. The van der Waals surface area contributed by atoms with E-state index in [0.717, 1.165) is 25.7 Å². The van der Waals surface area contributed by atoms with Gasteiger partial charge in [-0.15, -0.1) is 11.3 Å². The first-order valence-corrected chi connectivity index (χ1v) is 11.6. The maximum atomic E-state index is 12.7. The molecule has 32 heavy (non-hydrogen) atoms. The van der Waals surface area contributed by atoms with E-state index in [0.29, 0.717) is 28.0 Å². The number of amides is 1. The van der Waals surface area contributed by atoms with Gasteiger partial charge in [-0.05, 0) is 42.0 Å². The summed E-state index contributed by atoms with van der Waals surface area (Å²) in [6, 6.07) is 21.0. The van der Waals surface area contributed by atoms with E-state index in [9.17, 15) is 4.79 Å². The van der Waals surface area contributed by atoms with Crippen LogP contribution in [0.25, 0.3) is 10.1 Å². The van der Waals surface area contributed by atoms with Crippen LogP contribution >= 0.6 is 38.9 Å². The smallest absolute Gasteiger partial charge is 0.283 e. The van der Waals surface area contributed by atoms with Gasteiger partial charge in [0.2, 0.25) is 0 Å². The fourth-order valence-corrected chi connectivity index (χ4v) is 4.83. The van der Waals surface area contributed by atoms with Crippen LogP contribution in [0.3, 0.4) is 0 Å². The number of hydrazone groups is 1. The molecule has 5 nitrogen and oxygen atoms in total. The predicted octanol–water partition coefficient (Wildman–Crippen LogP) is 6.67. The lowest BCUT2D eigenvalue weighted by Crippen LogP contribution is -2.16. The molecule has 3 aromatic carbocycles. The molecule has 1 heterocycles. The van der Waals surface area contributed by atoms with Crippen LogP contribution in [-0.2, 0) is 6.61 Å². The molecule has 0 spiro atoms. The number of hydrogen-bond acceptors (Lipinski definition) is 5. The van der Waals surface area contributed by atoms with Crippen LogP contribution in [0.15, 0.2) is 76.3 Å². The van der Waals surface area contributed by atoms with Crippen molar-refractivity contribution in [2.24, 2.45) is 5.10 Å². The third-order valence-electron chi connectivity index (χ3n) is 4.62. The fraction of sp³-hybridized carbons (Fsp3) is 0.0833. The Hall–Kier alpha value is -2.87. The highest BCUT2D eigenvalue weighted by atomic mass is 79.9. The van der Waals surface area contributed by atoms with E-state index in [2.05, 4.69) is 26.5 Å². The molecule has 4 rings (SSSR count). The van der Waals surface area contributed by atoms with E-state index in [4.69, 9.17) is 21.1 Å². The van der Waals surface area contributed by atoms with Gasteiger partial charge in [0.15, 0.2) is 0 Å². The summed E-state index contributed by atoms with van der Waals surface area (Å²) in [6.45, 7) is 0.427. The van der Waals surface area contributed by atoms with Gasteiger partial charge in [-0.25, -0.2) is 5.43 Å². The number of fused-ring (bicyclic) bond motifs is 1. The Morgan fingerprint density at radius 3 is 2.75 bits per heavy atom. The van der Waals surface area contributed by atoms with Crippen molar-refractivity contribution >= 4 is 61.1 Å². The lowest BCUT2D eigenvalue weighted by atomic mass is 10.2. The molecular formula is C24H18BrClN2O3S. The zero-order valence-corrected chi connectivity index (χ0v) is 20.1. The first-order chi connectivity index (χ1) is 15.5. The standard InChI is InChI=1S/C24H18BrClN2O3S/c1-30-18-8-9-19-21(12-18)32-23(22(19)26)24(29)28-27-13-16-11-17(25)7-10-20(16)31-14-15-5-3-2-4-6-15/h2-13H,14H2,1H3,(H,28,29)/b27-13+. The second kappa shape index (κ2) is 10.2. The van der Waals surface area contributed by atoms with Crippen LogP contribution in [0.4, 0.5) is 0 Å². The number of hydrogen-bond donors (Lipinski definition) is 1. The van der Waals surface area contributed by atoms with E-state index in [1.807, 2.05) is 66.7 Å². The molecule has 0 saturated carbocycles. The average Bonchev–Trinajstić information content (AvgIpc) is 3.15. The van der Waals surface area contributed by atoms with Crippen molar-refractivity contribution in [3.05, 3.63) is 92.2 Å². The number of carbonyl (C=O) groups excluding carboxylic acids is 1. The quantitative estimate of drug-likeness (QED) is 0.215. The van der Waals surface area contributed by atoms with E-state index in [1.165, 1.54) is 11.3 Å². The minimum absolute atomic E-state index is 0.381. The summed E-state index contributed by atoms with van der Waals surface area (Å²) in [7, 11) is 1.60. The zero-order chi connectivity index (χ0) is 22.5. The van der Waals surface area contributed by atoms with Crippen molar-refractivity contribution in [1.29, 1.82) is 0 Å². The Labute approximate surface area is 202 Å². The number of rotatable bonds is 7. The van der Waals surface area contributed by atoms with Crippen LogP contribution in [0.1, 0.15) is 20.8 Å². The molecule has 0 radical (unpaired) electrons. The van der Waals surface area contributed by atoms with Crippen molar-refractivity contribution in [3.63, 3.8) is 0 Å². The van der Waals surface area contributed by atoms with Gasteiger partial charge in [-0.3, -0.25) is 4.79 Å². The Balaban J connectivity index is 1.49. The van der Waals surface area contributed by atoms with Crippen LogP contribution in [0, 0.1) is 0 Å². The maximum absolute atomic E-state index is 12.7. The molecule has 0 aliphatic rings. The molecule has 0 aliphatic heterocycles. The van der Waals surface area contributed by atoms with Gasteiger partial charge >= 0.3 is 0 Å². The summed E-state index contributed by atoms with van der Waals surface area (Å²) in [5, 5.41) is 5.32. The number of benzene rings is 3. The van der Waals surface area contributed by atoms with Crippen LogP contribution in [0.2, 0.25) is 5.02 Å². The van der Waals surface area contributed by atoms with E-state index >= 15 is 0 Å². The Bertz CT molecular complexity index is 1290. The molecule has 4 aromatic rings. The van der Waals surface area contributed by atoms with Gasteiger partial charge in [0.1, 0.15) is 23.0 Å². The molecule has 8 heteroatoms. The molecule has 1 amide bonds. The number of halogens is 2. The number of thiophene rings is 1. The van der Waals surface area contributed by atoms with Gasteiger partial charge in [0, 0.05) is 20.1 Å². The van der Waals surface area contributed by atoms with Crippen molar-refractivity contribution in [2.75, 3.05) is 7.11 Å². The number of nitrogens with zero attached hydrogens (tertiary/aromatic N) is 1. The fourth-order valence-electron chi connectivity index (χ4n) is 3.02. The number of ether oxygens (including phenoxy) is 2. The monoisotopic (exact) mass is 528 g/mol. The molecule has 1 aromatic heterocycles. The SMILES string of the molecule is COc1ccc2c(Cl)c(C(=O)N/N=C/c3cc(Br)ccc3OCc3ccccc3)sc2c1. The van der Waals surface area contributed by atoms with Crippen LogP contribution in [-0.4, -0.2) is 19.2 Å². The second-order valence-corrected chi connectivity index (χ2v) is 9.11. The molecule has 162 valence electrons. The van der Waals surface area contributed by atoms with Gasteiger partial charge in [0.25, 0.3) is 5.91 Å². The third-order valence-corrected chi connectivity index (χ3v) is 6.77. The summed E-state index contributed by atoms with van der Waals surface area (Å²) < 4.78 is 12.9. The number of carbonyl (C=O) groups is 1. The molecular weight excluding hydrogens is 512 g/mol. The third kappa shape index (κ3) is 5.12. The van der Waals surface area contributed by atoms with Gasteiger partial charge in [-0.1, -0.05) is 57.9 Å². The number of nitrogens with one attached hydrogen (secondary N) is 1. The highest BCUT2D eigenvalue weighted by molar-refractivity contribution is 9.10. The molecule has 0 atom stereocenters. The Morgan fingerprint density at radius 2 is 1.97 bits per heavy atom. The molecule has 0 unspecified atom stereocenters. The molecule has 0 fully saturated rings. The summed E-state index contributed by atoms with van der Waals surface area (Å²) in [5.74, 6) is 0.980. The highest BCUT2D eigenvalue weighted by Gasteiger charge is 2.17. The minimum Gasteiger partial charge on any atom is -0.497 e. The normalized spacial score (nSPS) is 11.1. The van der Waals surface area contributed by atoms with E-state index < -0.39 is 0 Å². The summed E-state index contributed by atoms with van der Waals surface area (Å²) >= 11 is 11.2. The largest absolute Gasteiger partial charge is 0.497 e. The Kier molecular flexibility index (Phi) is 7.09. The molecule has 1 N–H and O–H groups in total. The first-order valence-electron chi connectivity index (χ1n) is 9.61. The molecule has 0 saturated heterocycles. The Morgan fingerprint density at radius 1 is 1.16 bits per heavy atom. The number of methoxy groups -OCH3 is 1. The van der Waals surface area contributed by atoms with E-state index in [1.54, 1.807) is 13.3 Å². The predicted molar refractivity (Wildman–Crippen MR) is 133 cm³/mol. The summed E-state index contributed by atoms with van der Waals surface area (Å²) in [4.78, 5) is 13.1. The van der Waals surface area contributed by atoms with Gasteiger partial charge in [-0.2, -0.15) is 5.10 Å². The topological polar surface area (TPSA) is 59.9 Å². The van der Waals surface area contributed by atoms with E-state index in [-0.39, 0.29) is 5.91 Å². The van der Waals surface area contributed by atoms with Gasteiger partial charge in [0.05, 0.1) is 18.3 Å². The summed E-state index contributed by atoms with van der Waals surface area (Å²) in [5.41, 5.74) is 4.34. The maximum Gasteiger partial charge on any atom is 0.283 e. The van der Waals surface area contributed by atoms with Crippen molar-refractivity contribution in [3.8, 4) is 11.5 Å². The zero-order valence-electron chi connectivity index (χ0n) is 17.0. The van der Waals surface area contributed by atoms with Crippen LogP contribution < -0.4 is 14.9 Å². The van der Waals surface area contributed by atoms with Crippen LogP contribution in [0.5, 0.6) is 11.5 Å². The average molecular weight is 530 g/mol. The molecule has 0 aliphatic carbocycles. The van der Waals surface area contributed by atoms with Crippen molar-refractivity contribution < 1.29 is 14.3 Å². The minimum atomic E-state index is -0.381.